The molecule has 0 aliphatic carbocycles. The average Bonchev–Trinajstić information content (AvgIpc) is 3.57. The summed E-state index contributed by atoms with van der Waals surface area (Å²) in [6.45, 7) is 3.71. The smallest absolute Gasteiger partial charge is 0.192 e. The molecule has 0 unspecified atom stereocenters. The van der Waals surface area contributed by atoms with E-state index in [2.05, 4.69) is 30.6 Å². The van der Waals surface area contributed by atoms with Gasteiger partial charge in [0, 0.05) is 12.4 Å². The van der Waals surface area contributed by atoms with Gasteiger partial charge in [0.2, 0.25) is 0 Å². The summed E-state index contributed by atoms with van der Waals surface area (Å²) in [6, 6.07) is 10.9. The zero-order valence-electron chi connectivity index (χ0n) is 17.4. The summed E-state index contributed by atoms with van der Waals surface area (Å²) in [5.41, 5.74) is 2.74. The van der Waals surface area contributed by atoms with Crippen molar-refractivity contribution < 1.29 is 14.2 Å². The first-order chi connectivity index (χ1) is 15.6. The molecule has 0 spiro atoms. The second-order valence-electron chi connectivity index (χ2n) is 8.08. The Morgan fingerprint density at radius 1 is 0.781 bits per heavy atom. The van der Waals surface area contributed by atoms with Crippen molar-refractivity contribution in [1.29, 1.82) is 0 Å². The number of pyridine rings is 2. The van der Waals surface area contributed by atoms with Crippen molar-refractivity contribution >= 4 is 0 Å². The summed E-state index contributed by atoms with van der Waals surface area (Å²) in [5.74, 6) is -0.773. The van der Waals surface area contributed by atoms with Gasteiger partial charge in [-0.05, 0) is 38.1 Å². The second kappa shape index (κ2) is 7.26. The maximum atomic E-state index is 6.23. The van der Waals surface area contributed by atoms with Crippen LogP contribution in [0.2, 0.25) is 0 Å². The number of fused-ring (bicyclic) bond motifs is 1. The Morgan fingerprint density at radius 3 is 2.03 bits per heavy atom. The van der Waals surface area contributed by atoms with Crippen molar-refractivity contribution in [1.82, 2.24) is 40.0 Å². The fourth-order valence-corrected chi connectivity index (χ4v) is 4.06. The van der Waals surface area contributed by atoms with Crippen molar-refractivity contribution in [2.45, 2.75) is 44.3 Å². The maximum Gasteiger partial charge on any atom is 0.192 e. The van der Waals surface area contributed by atoms with Crippen molar-refractivity contribution in [3.63, 3.8) is 0 Å². The van der Waals surface area contributed by atoms with Gasteiger partial charge in [-0.25, -0.2) is 9.36 Å². The van der Waals surface area contributed by atoms with Crippen LogP contribution in [0, 0.1) is 0 Å². The quantitative estimate of drug-likeness (QED) is 0.479. The van der Waals surface area contributed by atoms with Crippen LogP contribution in [0.5, 0.6) is 0 Å². The van der Waals surface area contributed by atoms with Gasteiger partial charge in [-0.15, -0.1) is 10.2 Å². The summed E-state index contributed by atoms with van der Waals surface area (Å²) in [5, 5.41) is 17.2. The minimum atomic E-state index is -0.773. The highest BCUT2D eigenvalue weighted by Gasteiger charge is 2.57. The Labute approximate surface area is 183 Å². The molecule has 2 fully saturated rings. The zero-order chi connectivity index (χ0) is 21.7. The molecule has 32 heavy (non-hydrogen) atoms. The zero-order valence-corrected chi connectivity index (χ0v) is 17.4. The highest BCUT2D eigenvalue weighted by molar-refractivity contribution is 5.52. The number of rotatable bonds is 4. The van der Waals surface area contributed by atoms with Crippen molar-refractivity contribution in [2.24, 2.45) is 0 Å². The van der Waals surface area contributed by atoms with Crippen LogP contribution in [0.15, 0.2) is 61.2 Å². The van der Waals surface area contributed by atoms with E-state index >= 15 is 0 Å². The third-order valence-corrected chi connectivity index (χ3v) is 5.43. The van der Waals surface area contributed by atoms with Crippen LogP contribution >= 0.6 is 0 Å². The molecular weight excluding hydrogens is 412 g/mol. The molecule has 6 heterocycles. The van der Waals surface area contributed by atoms with Gasteiger partial charge in [-0.2, -0.15) is 0 Å². The van der Waals surface area contributed by atoms with E-state index < -0.39 is 24.4 Å². The molecule has 2 saturated heterocycles. The largest absolute Gasteiger partial charge is 0.339 e. The monoisotopic (exact) mass is 432 g/mol. The van der Waals surface area contributed by atoms with Gasteiger partial charge in [-0.3, -0.25) is 9.97 Å². The first kappa shape index (κ1) is 19.2. The molecule has 11 nitrogen and oxygen atoms in total. The Hall–Kier alpha value is -3.54. The minimum absolute atomic E-state index is 0.384. The second-order valence-corrected chi connectivity index (χ2v) is 8.08. The fraction of sp³-hybridized carbons (Fsp3) is 0.333. The molecule has 6 rings (SSSR count). The third kappa shape index (κ3) is 3.27. The molecule has 0 N–H and O–H groups in total. The van der Waals surface area contributed by atoms with E-state index in [0.29, 0.717) is 11.4 Å². The lowest BCUT2D eigenvalue weighted by molar-refractivity contribution is -0.221. The first-order valence-corrected chi connectivity index (χ1v) is 10.2. The van der Waals surface area contributed by atoms with Crippen molar-refractivity contribution in [3.8, 4) is 22.8 Å². The molecule has 0 amide bonds. The lowest BCUT2D eigenvalue weighted by atomic mass is 10.1. The summed E-state index contributed by atoms with van der Waals surface area (Å²) >= 11 is 0. The van der Waals surface area contributed by atoms with Gasteiger partial charge in [0.15, 0.2) is 18.3 Å². The Kier molecular flexibility index (Phi) is 4.35. The molecule has 0 radical (unpaired) electrons. The lowest BCUT2D eigenvalue weighted by Crippen LogP contribution is -2.32. The van der Waals surface area contributed by atoms with E-state index in [4.69, 9.17) is 14.2 Å². The molecule has 4 aromatic rings. The van der Waals surface area contributed by atoms with Crippen LogP contribution in [-0.2, 0) is 14.2 Å². The molecule has 0 bridgehead atoms. The van der Waals surface area contributed by atoms with Crippen molar-refractivity contribution in [2.75, 3.05) is 0 Å². The van der Waals surface area contributed by atoms with Gasteiger partial charge in [0.25, 0.3) is 0 Å². The predicted octanol–water partition coefficient (Wildman–Crippen LogP) is 2.24. The van der Waals surface area contributed by atoms with Crippen LogP contribution in [0.3, 0.4) is 0 Å². The Balaban J connectivity index is 1.37. The standard InChI is InChI=1S/C21H20N8O3/c1-21(2)31-18-17(28-11-15(24-26-28)13-7-3-5-9-22-13)19(30-20(18)32-21)29-12-16(25-27-29)14-8-4-6-10-23-14/h3-12,17-20H,1-2H3/t17-,18+,19-,20+/m0/s1. The molecule has 11 heteroatoms. The first-order valence-electron chi connectivity index (χ1n) is 10.2. The van der Waals surface area contributed by atoms with E-state index in [1.54, 1.807) is 28.0 Å². The summed E-state index contributed by atoms with van der Waals surface area (Å²) in [6.07, 6.45) is 5.51. The van der Waals surface area contributed by atoms with Crippen LogP contribution in [0.4, 0.5) is 0 Å². The third-order valence-electron chi connectivity index (χ3n) is 5.43. The molecular formula is C21H20N8O3. The predicted molar refractivity (Wildman–Crippen MR) is 109 cm³/mol. The van der Waals surface area contributed by atoms with Gasteiger partial charge in [0.05, 0.1) is 23.8 Å². The summed E-state index contributed by atoms with van der Waals surface area (Å²) in [7, 11) is 0. The number of hydrogen-bond acceptors (Lipinski definition) is 9. The molecule has 162 valence electrons. The molecule has 0 aromatic carbocycles. The number of aromatic nitrogens is 8. The number of ether oxygens (including phenoxy) is 3. The normalized spacial score (nSPS) is 26.3. The molecule has 2 aliphatic heterocycles. The van der Waals surface area contributed by atoms with E-state index in [0.717, 1.165) is 11.4 Å². The SMILES string of the molecule is CC1(C)O[C@H]2O[C@H](n3cc(-c4ccccn4)nn3)[C@@H](n3cc(-c4ccccn4)nn3)[C@H]2O1. The number of hydrogen-bond donors (Lipinski definition) is 0. The molecule has 4 atom stereocenters. The molecule has 2 aliphatic rings. The Bertz CT molecular complexity index is 1230. The topological polar surface area (TPSA) is 115 Å². The maximum absolute atomic E-state index is 6.23. The van der Waals surface area contributed by atoms with Gasteiger partial charge >= 0.3 is 0 Å². The highest BCUT2D eigenvalue weighted by Crippen LogP contribution is 2.47. The summed E-state index contributed by atoms with van der Waals surface area (Å²) < 4.78 is 21.7. The van der Waals surface area contributed by atoms with E-state index in [1.165, 1.54) is 0 Å². The van der Waals surface area contributed by atoms with Gasteiger partial charge in [0.1, 0.15) is 23.5 Å². The summed E-state index contributed by atoms with van der Waals surface area (Å²) in [4.78, 5) is 8.69. The molecule has 0 saturated carbocycles. The number of nitrogens with zero attached hydrogens (tertiary/aromatic N) is 8. The van der Waals surface area contributed by atoms with Gasteiger partial charge < -0.3 is 14.2 Å². The van der Waals surface area contributed by atoms with Crippen LogP contribution in [0.1, 0.15) is 26.1 Å². The average molecular weight is 432 g/mol. The van der Waals surface area contributed by atoms with Crippen molar-refractivity contribution in [3.05, 3.63) is 61.2 Å². The highest BCUT2D eigenvalue weighted by atomic mass is 16.8. The lowest BCUT2D eigenvalue weighted by Gasteiger charge is -2.25. The van der Waals surface area contributed by atoms with Crippen LogP contribution < -0.4 is 0 Å². The van der Waals surface area contributed by atoms with E-state index in [9.17, 15) is 0 Å². The Morgan fingerprint density at radius 2 is 1.41 bits per heavy atom. The van der Waals surface area contributed by atoms with E-state index in [-0.39, 0.29) is 6.04 Å². The van der Waals surface area contributed by atoms with Crippen LogP contribution in [0.25, 0.3) is 22.8 Å². The van der Waals surface area contributed by atoms with Gasteiger partial charge in [-0.1, -0.05) is 22.6 Å². The fourth-order valence-electron chi connectivity index (χ4n) is 4.06. The van der Waals surface area contributed by atoms with Crippen LogP contribution in [-0.4, -0.2) is 58.1 Å². The minimum Gasteiger partial charge on any atom is -0.339 e. The molecule has 4 aromatic heterocycles. The van der Waals surface area contributed by atoms with E-state index in [1.807, 2.05) is 56.4 Å².